The van der Waals surface area contributed by atoms with E-state index < -0.39 is 0 Å². The van der Waals surface area contributed by atoms with Crippen molar-refractivity contribution in [2.75, 3.05) is 4.90 Å². The van der Waals surface area contributed by atoms with Crippen LogP contribution in [0.4, 0.5) is 17.1 Å². The predicted octanol–water partition coefficient (Wildman–Crippen LogP) is 16.7. The summed E-state index contributed by atoms with van der Waals surface area (Å²) in [6.07, 6.45) is 0. The van der Waals surface area contributed by atoms with Gasteiger partial charge in [0.1, 0.15) is 11.2 Å². The fraction of sp³-hybridized carbons (Fsp3) is 0. The summed E-state index contributed by atoms with van der Waals surface area (Å²) >= 11 is 0. The number of nitrogens with zero attached hydrogens (tertiary/aromatic N) is 1. The van der Waals surface area contributed by atoms with Crippen molar-refractivity contribution in [3.8, 4) is 33.4 Å². The quantitative estimate of drug-likeness (QED) is 0.157. The molecule has 0 radical (unpaired) electrons. The van der Waals surface area contributed by atoms with Gasteiger partial charge in [0.25, 0.3) is 0 Å². The average molecular weight is 764 g/mol. The lowest BCUT2D eigenvalue weighted by atomic mass is 9.84. The largest absolute Gasteiger partial charge is 0.456 e. The minimum atomic E-state index is 0.861. The van der Waals surface area contributed by atoms with E-state index >= 15 is 0 Å². The summed E-state index contributed by atoms with van der Waals surface area (Å²) in [5.41, 5.74) is 12.2. The Labute approximate surface area is 347 Å². The Hall–Kier alpha value is -7.94. The van der Waals surface area contributed by atoms with Crippen molar-refractivity contribution in [3.63, 3.8) is 0 Å². The molecule has 0 saturated heterocycles. The lowest BCUT2D eigenvalue weighted by Crippen LogP contribution is -2.12. The fourth-order valence-electron chi connectivity index (χ4n) is 9.63. The SMILES string of the molecule is c1ccc(-c2c(-c3ccccc3)c3cc(-c4ccccc4N(c4cc5ccccc5c5ccccc45)c4cccc5oc6ccccc6c45)ccc3c3ccccc23)cc1. The summed E-state index contributed by atoms with van der Waals surface area (Å²) in [6, 6.07) is 81.4. The maximum atomic E-state index is 6.55. The molecule has 12 rings (SSSR count). The Kier molecular flexibility index (Phi) is 7.89. The van der Waals surface area contributed by atoms with Gasteiger partial charge in [0.15, 0.2) is 0 Å². The Morgan fingerprint density at radius 3 is 1.58 bits per heavy atom. The van der Waals surface area contributed by atoms with Crippen molar-refractivity contribution >= 4 is 82.1 Å². The first-order valence-corrected chi connectivity index (χ1v) is 20.6. The van der Waals surface area contributed by atoms with E-state index in [4.69, 9.17) is 4.42 Å². The molecule has 0 unspecified atom stereocenters. The highest BCUT2D eigenvalue weighted by Crippen LogP contribution is 2.50. The van der Waals surface area contributed by atoms with Crippen LogP contribution >= 0.6 is 0 Å². The van der Waals surface area contributed by atoms with E-state index in [1.165, 1.54) is 65.3 Å². The van der Waals surface area contributed by atoms with Crippen LogP contribution in [0.3, 0.4) is 0 Å². The lowest BCUT2D eigenvalue weighted by Gasteiger charge is -2.30. The second kappa shape index (κ2) is 13.9. The molecule has 0 fully saturated rings. The molecule has 0 atom stereocenters. The van der Waals surface area contributed by atoms with Gasteiger partial charge in [-0.25, -0.2) is 0 Å². The van der Waals surface area contributed by atoms with Gasteiger partial charge in [-0.2, -0.15) is 0 Å². The normalized spacial score (nSPS) is 11.7. The van der Waals surface area contributed by atoms with Crippen molar-refractivity contribution < 1.29 is 4.42 Å². The highest BCUT2D eigenvalue weighted by Gasteiger charge is 2.25. The van der Waals surface area contributed by atoms with Crippen LogP contribution in [-0.4, -0.2) is 0 Å². The van der Waals surface area contributed by atoms with E-state index in [2.05, 4.69) is 223 Å². The molecular weight excluding hydrogens is 727 g/mol. The second-order valence-electron chi connectivity index (χ2n) is 15.6. The average Bonchev–Trinajstić information content (AvgIpc) is 3.71. The van der Waals surface area contributed by atoms with E-state index in [0.29, 0.717) is 0 Å². The van der Waals surface area contributed by atoms with Crippen molar-refractivity contribution in [2.45, 2.75) is 0 Å². The zero-order valence-electron chi connectivity index (χ0n) is 32.7. The van der Waals surface area contributed by atoms with Crippen LogP contribution in [0.2, 0.25) is 0 Å². The molecule has 0 N–H and O–H groups in total. The number of benzene rings is 11. The summed E-state index contributed by atoms with van der Waals surface area (Å²) in [7, 11) is 0. The van der Waals surface area contributed by atoms with Crippen LogP contribution in [0.5, 0.6) is 0 Å². The maximum Gasteiger partial charge on any atom is 0.137 e. The molecule has 0 aliphatic rings. The summed E-state index contributed by atoms with van der Waals surface area (Å²) < 4.78 is 6.55. The van der Waals surface area contributed by atoms with Gasteiger partial charge in [-0.15, -0.1) is 0 Å². The van der Waals surface area contributed by atoms with Gasteiger partial charge in [-0.1, -0.05) is 188 Å². The van der Waals surface area contributed by atoms with Gasteiger partial charge < -0.3 is 9.32 Å². The molecule has 60 heavy (non-hydrogen) atoms. The molecule has 11 aromatic carbocycles. The smallest absolute Gasteiger partial charge is 0.137 e. The first kappa shape index (κ1) is 34.1. The topological polar surface area (TPSA) is 16.4 Å². The van der Waals surface area contributed by atoms with Crippen LogP contribution in [0.25, 0.3) is 98.4 Å². The van der Waals surface area contributed by atoms with Gasteiger partial charge in [0, 0.05) is 16.3 Å². The Balaban J connectivity index is 1.19. The third kappa shape index (κ3) is 5.35. The predicted molar refractivity (Wildman–Crippen MR) is 255 cm³/mol. The number of fused-ring (bicyclic) bond motifs is 9. The van der Waals surface area contributed by atoms with Crippen LogP contribution < -0.4 is 4.90 Å². The fourth-order valence-corrected chi connectivity index (χ4v) is 9.63. The van der Waals surface area contributed by atoms with Crippen LogP contribution in [0.1, 0.15) is 0 Å². The molecule has 280 valence electrons. The van der Waals surface area contributed by atoms with Crippen molar-refractivity contribution in [1.29, 1.82) is 0 Å². The van der Waals surface area contributed by atoms with Crippen molar-refractivity contribution in [3.05, 3.63) is 224 Å². The highest BCUT2D eigenvalue weighted by molar-refractivity contribution is 6.23. The molecule has 0 aliphatic carbocycles. The van der Waals surface area contributed by atoms with Gasteiger partial charge in [-0.3, -0.25) is 0 Å². The van der Waals surface area contributed by atoms with Gasteiger partial charge >= 0.3 is 0 Å². The maximum absolute atomic E-state index is 6.55. The van der Waals surface area contributed by atoms with E-state index in [9.17, 15) is 0 Å². The van der Waals surface area contributed by atoms with E-state index in [1.54, 1.807) is 0 Å². The van der Waals surface area contributed by atoms with Crippen LogP contribution in [0.15, 0.2) is 229 Å². The zero-order valence-corrected chi connectivity index (χ0v) is 32.7. The summed E-state index contributed by atoms with van der Waals surface area (Å²) in [5, 5.41) is 12.0. The number of rotatable bonds is 6. The Morgan fingerprint density at radius 1 is 0.283 bits per heavy atom. The van der Waals surface area contributed by atoms with Gasteiger partial charge in [0.05, 0.1) is 22.4 Å². The third-order valence-electron chi connectivity index (χ3n) is 12.2. The van der Waals surface area contributed by atoms with Gasteiger partial charge in [-0.05, 0) is 102 Å². The monoisotopic (exact) mass is 763 g/mol. The van der Waals surface area contributed by atoms with Crippen LogP contribution in [0, 0.1) is 0 Å². The molecule has 0 aliphatic heterocycles. The zero-order chi connectivity index (χ0) is 39.6. The number of hydrogen-bond donors (Lipinski definition) is 0. The number of anilines is 3. The first-order chi connectivity index (χ1) is 29.8. The molecule has 0 spiro atoms. The minimum Gasteiger partial charge on any atom is -0.456 e. The summed E-state index contributed by atoms with van der Waals surface area (Å²) in [4.78, 5) is 2.48. The number of hydrogen-bond acceptors (Lipinski definition) is 2. The molecular formula is C58H37NO. The molecule has 12 aromatic rings. The molecule has 2 heteroatoms. The van der Waals surface area contributed by atoms with Crippen LogP contribution in [-0.2, 0) is 0 Å². The minimum absolute atomic E-state index is 0.861. The molecule has 2 nitrogen and oxygen atoms in total. The Bertz CT molecular complexity index is 3600. The van der Waals surface area contributed by atoms with E-state index in [0.717, 1.165) is 50.1 Å². The highest BCUT2D eigenvalue weighted by atomic mass is 16.3. The molecule has 0 amide bonds. The molecule has 0 saturated carbocycles. The first-order valence-electron chi connectivity index (χ1n) is 20.6. The standard InChI is InChI=1S/C58H37NO/c1-3-18-38(19-4-1)56-48-28-12-10-26-45(48)46-35-34-41(36-50(46)57(56)39-20-5-2-6-21-39)43-24-13-15-30-51(43)59(52-31-17-33-55-58(52)49-29-14-16-32-54(49)60-55)53-37-40-22-7-8-23-42(40)44-25-9-11-27-47(44)53/h1-37H. The second-order valence-corrected chi connectivity index (χ2v) is 15.6. The Morgan fingerprint density at radius 2 is 0.817 bits per heavy atom. The molecule has 0 bridgehead atoms. The number of furan rings is 1. The van der Waals surface area contributed by atoms with Crippen molar-refractivity contribution in [1.82, 2.24) is 0 Å². The summed E-state index contributed by atoms with van der Waals surface area (Å²) in [6.45, 7) is 0. The van der Waals surface area contributed by atoms with Gasteiger partial charge in [0.2, 0.25) is 0 Å². The third-order valence-corrected chi connectivity index (χ3v) is 12.2. The summed E-state index contributed by atoms with van der Waals surface area (Å²) in [5.74, 6) is 0. The van der Waals surface area contributed by atoms with E-state index in [1.807, 2.05) is 6.07 Å². The molecule has 1 aromatic heterocycles. The number of para-hydroxylation sites is 2. The molecule has 1 heterocycles. The van der Waals surface area contributed by atoms with E-state index in [-0.39, 0.29) is 0 Å². The van der Waals surface area contributed by atoms with Crippen molar-refractivity contribution in [2.24, 2.45) is 0 Å². The lowest BCUT2D eigenvalue weighted by molar-refractivity contribution is 0.669.